The Bertz CT molecular complexity index is 179. The molecule has 2 N–H and O–H groups in total. The van der Waals surface area contributed by atoms with Crippen molar-refractivity contribution in [2.24, 2.45) is 11.7 Å². The maximum absolute atomic E-state index is 5.97. The molecule has 0 saturated carbocycles. The van der Waals surface area contributed by atoms with Gasteiger partial charge in [-0.15, -0.1) is 0 Å². The average molecular weight is 260 g/mol. The van der Waals surface area contributed by atoms with Crippen LogP contribution in [0.25, 0.3) is 0 Å². The number of methoxy groups -OCH3 is 2. The van der Waals surface area contributed by atoms with E-state index in [0.29, 0.717) is 12.0 Å². The first-order chi connectivity index (χ1) is 8.71. The highest BCUT2D eigenvalue weighted by Crippen LogP contribution is 2.16. The van der Waals surface area contributed by atoms with Crippen LogP contribution in [0.15, 0.2) is 0 Å². The molecule has 0 aliphatic rings. The van der Waals surface area contributed by atoms with E-state index in [0.717, 1.165) is 39.3 Å². The molecule has 0 spiro atoms. The molecule has 0 amide bonds. The Labute approximate surface area is 113 Å². The van der Waals surface area contributed by atoms with Crippen molar-refractivity contribution in [1.29, 1.82) is 0 Å². The van der Waals surface area contributed by atoms with Gasteiger partial charge in [0.1, 0.15) is 0 Å². The van der Waals surface area contributed by atoms with Crippen molar-refractivity contribution in [3.8, 4) is 0 Å². The first-order valence-corrected chi connectivity index (χ1v) is 7.13. The lowest BCUT2D eigenvalue weighted by molar-refractivity contribution is 0.0865. The van der Waals surface area contributed by atoms with Crippen LogP contribution in [0.1, 0.15) is 33.1 Å². The summed E-state index contributed by atoms with van der Waals surface area (Å²) in [5.41, 5.74) is 5.97. The molecular weight excluding hydrogens is 228 g/mol. The summed E-state index contributed by atoms with van der Waals surface area (Å²) < 4.78 is 10.3. The van der Waals surface area contributed by atoms with E-state index in [1.165, 1.54) is 12.8 Å². The van der Waals surface area contributed by atoms with E-state index in [2.05, 4.69) is 18.7 Å². The smallest absolute Gasteiger partial charge is 0.0589 e. The van der Waals surface area contributed by atoms with Gasteiger partial charge < -0.3 is 15.2 Å². The van der Waals surface area contributed by atoms with Crippen molar-refractivity contribution in [3.63, 3.8) is 0 Å². The van der Waals surface area contributed by atoms with E-state index in [-0.39, 0.29) is 0 Å². The predicted octanol–water partition coefficient (Wildman–Crippen LogP) is 1.73. The molecule has 2 unspecified atom stereocenters. The highest BCUT2D eigenvalue weighted by molar-refractivity contribution is 4.78. The quantitative estimate of drug-likeness (QED) is 0.543. The van der Waals surface area contributed by atoms with Gasteiger partial charge in [-0.1, -0.05) is 20.3 Å². The van der Waals surface area contributed by atoms with Gasteiger partial charge in [0, 0.05) is 46.5 Å². The molecule has 0 saturated heterocycles. The third kappa shape index (κ3) is 7.31. The number of hydrogen-bond acceptors (Lipinski definition) is 4. The Kier molecular flexibility index (Phi) is 11.8. The van der Waals surface area contributed by atoms with E-state index in [4.69, 9.17) is 15.2 Å². The molecular formula is C14H32N2O2. The van der Waals surface area contributed by atoms with Gasteiger partial charge in [-0.3, -0.25) is 4.90 Å². The maximum atomic E-state index is 5.97. The molecule has 0 aliphatic heterocycles. The van der Waals surface area contributed by atoms with Gasteiger partial charge in [0.05, 0.1) is 6.61 Å². The Morgan fingerprint density at radius 1 is 1.11 bits per heavy atom. The summed E-state index contributed by atoms with van der Waals surface area (Å²) in [5.74, 6) is 0.638. The Hall–Kier alpha value is -0.160. The number of rotatable bonds is 12. The van der Waals surface area contributed by atoms with Crippen molar-refractivity contribution in [3.05, 3.63) is 0 Å². The molecule has 0 aromatic heterocycles. The summed E-state index contributed by atoms with van der Waals surface area (Å²) in [7, 11) is 3.50. The molecule has 2 atom stereocenters. The summed E-state index contributed by atoms with van der Waals surface area (Å²) >= 11 is 0. The van der Waals surface area contributed by atoms with Crippen molar-refractivity contribution < 1.29 is 9.47 Å². The second-order valence-electron chi connectivity index (χ2n) is 4.94. The molecule has 0 bridgehead atoms. The Balaban J connectivity index is 4.35. The second-order valence-corrected chi connectivity index (χ2v) is 4.94. The number of nitrogens with zero attached hydrogens (tertiary/aromatic N) is 1. The lowest BCUT2D eigenvalue weighted by atomic mass is 9.95. The lowest BCUT2D eigenvalue weighted by Gasteiger charge is -2.35. The molecule has 110 valence electrons. The molecule has 18 heavy (non-hydrogen) atoms. The van der Waals surface area contributed by atoms with E-state index < -0.39 is 0 Å². The minimum Gasteiger partial charge on any atom is -0.385 e. The molecule has 0 heterocycles. The molecule has 0 aromatic rings. The third-order valence-electron chi connectivity index (χ3n) is 3.49. The largest absolute Gasteiger partial charge is 0.385 e. The highest BCUT2D eigenvalue weighted by Gasteiger charge is 2.22. The van der Waals surface area contributed by atoms with Crippen LogP contribution < -0.4 is 5.73 Å². The fraction of sp³-hybridized carbons (Fsp3) is 1.00. The fourth-order valence-electron chi connectivity index (χ4n) is 2.45. The zero-order valence-electron chi connectivity index (χ0n) is 12.7. The number of nitrogens with two attached hydrogens (primary N) is 1. The standard InChI is InChI=1S/C14H32N2O2/c1-5-7-13(2)14(12-15)16(9-11-18-4)8-6-10-17-3/h13-14H,5-12,15H2,1-4H3. The summed E-state index contributed by atoms with van der Waals surface area (Å²) in [4.78, 5) is 2.46. The van der Waals surface area contributed by atoms with Crippen molar-refractivity contribution >= 4 is 0 Å². The van der Waals surface area contributed by atoms with Gasteiger partial charge >= 0.3 is 0 Å². The second kappa shape index (κ2) is 11.9. The van der Waals surface area contributed by atoms with Crippen LogP contribution in [0.3, 0.4) is 0 Å². The third-order valence-corrected chi connectivity index (χ3v) is 3.49. The van der Waals surface area contributed by atoms with Crippen molar-refractivity contribution in [2.45, 2.75) is 39.2 Å². The van der Waals surface area contributed by atoms with Gasteiger partial charge in [0.15, 0.2) is 0 Å². The SMILES string of the molecule is CCCC(C)C(CN)N(CCCOC)CCOC. The first-order valence-electron chi connectivity index (χ1n) is 7.13. The minimum absolute atomic E-state index is 0.456. The highest BCUT2D eigenvalue weighted by atomic mass is 16.5. The minimum atomic E-state index is 0.456. The number of hydrogen-bond donors (Lipinski definition) is 1. The molecule has 0 fully saturated rings. The van der Waals surface area contributed by atoms with Crippen LogP contribution in [-0.4, -0.2) is 58.0 Å². The molecule has 0 aromatic carbocycles. The fourth-order valence-corrected chi connectivity index (χ4v) is 2.45. The van der Waals surface area contributed by atoms with Gasteiger partial charge in [-0.05, 0) is 18.8 Å². The molecule has 0 aliphatic carbocycles. The molecule has 0 rings (SSSR count). The lowest BCUT2D eigenvalue weighted by Crippen LogP contribution is -2.46. The zero-order chi connectivity index (χ0) is 13.8. The summed E-state index contributed by atoms with van der Waals surface area (Å²) in [5, 5.41) is 0. The summed E-state index contributed by atoms with van der Waals surface area (Å²) in [6.07, 6.45) is 3.50. The topological polar surface area (TPSA) is 47.7 Å². The zero-order valence-corrected chi connectivity index (χ0v) is 12.7. The van der Waals surface area contributed by atoms with Gasteiger partial charge in [-0.25, -0.2) is 0 Å². The molecule has 4 heteroatoms. The maximum Gasteiger partial charge on any atom is 0.0589 e. The van der Waals surface area contributed by atoms with E-state index in [9.17, 15) is 0 Å². The molecule has 0 radical (unpaired) electrons. The van der Waals surface area contributed by atoms with Gasteiger partial charge in [0.2, 0.25) is 0 Å². The molecule has 4 nitrogen and oxygen atoms in total. The normalized spacial score (nSPS) is 15.0. The summed E-state index contributed by atoms with van der Waals surface area (Å²) in [6.45, 7) is 8.82. The van der Waals surface area contributed by atoms with Crippen LogP contribution in [-0.2, 0) is 9.47 Å². The predicted molar refractivity (Wildman–Crippen MR) is 76.9 cm³/mol. The average Bonchev–Trinajstić information content (AvgIpc) is 2.36. The Morgan fingerprint density at radius 3 is 2.28 bits per heavy atom. The van der Waals surface area contributed by atoms with Gasteiger partial charge in [0.25, 0.3) is 0 Å². The van der Waals surface area contributed by atoms with E-state index in [1.54, 1.807) is 14.2 Å². The van der Waals surface area contributed by atoms with Crippen LogP contribution >= 0.6 is 0 Å². The number of ether oxygens (including phenoxy) is 2. The van der Waals surface area contributed by atoms with Crippen molar-refractivity contribution in [2.75, 3.05) is 47.1 Å². The monoisotopic (exact) mass is 260 g/mol. The summed E-state index contributed by atoms with van der Waals surface area (Å²) in [6, 6.07) is 0.456. The van der Waals surface area contributed by atoms with Crippen LogP contribution in [0, 0.1) is 5.92 Å². The van der Waals surface area contributed by atoms with Crippen LogP contribution in [0.4, 0.5) is 0 Å². The first kappa shape index (κ1) is 17.8. The van der Waals surface area contributed by atoms with Crippen LogP contribution in [0.2, 0.25) is 0 Å². The van der Waals surface area contributed by atoms with E-state index >= 15 is 0 Å². The Morgan fingerprint density at radius 2 is 1.78 bits per heavy atom. The van der Waals surface area contributed by atoms with Crippen LogP contribution in [0.5, 0.6) is 0 Å². The van der Waals surface area contributed by atoms with Gasteiger partial charge in [-0.2, -0.15) is 0 Å². The van der Waals surface area contributed by atoms with E-state index in [1.807, 2.05) is 0 Å². The van der Waals surface area contributed by atoms with Crippen molar-refractivity contribution in [1.82, 2.24) is 4.90 Å².